The summed E-state index contributed by atoms with van der Waals surface area (Å²) in [6.45, 7) is 7.99. The quantitative estimate of drug-likeness (QED) is 0.870. The Hall–Kier alpha value is -2.04. The van der Waals surface area contributed by atoms with Crippen LogP contribution in [0.4, 0.5) is 5.69 Å². The highest BCUT2D eigenvalue weighted by molar-refractivity contribution is 5.94. The van der Waals surface area contributed by atoms with Crippen LogP contribution >= 0.6 is 0 Å². The number of ether oxygens (including phenoxy) is 1. The lowest BCUT2D eigenvalue weighted by Gasteiger charge is -2.37. The Labute approximate surface area is 137 Å². The van der Waals surface area contributed by atoms with Crippen LogP contribution in [0.3, 0.4) is 0 Å². The van der Waals surface area contributed by atoms with Crippen molar-refractivity contribution in [3.05, 3.63) is 24.3 Å². The number of nitrogens with one attached hydrogen (secondary N) is 1. The van der Waals surface area contributed by atoms with Crippen molar-refractivity contribution in [2.45, 2.75) is 40.5 Å². The molecule has 0 aliphatic heterocycles. The van der Waals surface area contributed by atoms with Gasteiger partial charge in [0.25, 0.3) is 0 Å². The number of hydrogen-bond acceptors (Lipinski definition) is 3. The van der Waals surface area contributed by atoms with E-state index < -0.39 is 16.8 Å². The average Bonchev–Trinajstić information content (AvgIpc) is 2.73. The lowest BCUT2D eigenvalue weighted by molar-refractivity contribution is -0.154. The number of anilines is 1. The zero-order valence-corrected chi connectivity index (χ0v) is 14.2. The fourth-order valence-corrected chi connectivity index (χ4v) is 3.37. The second-order valence-corrected chi connectivity index (χ2v) is 6.90. The molecule has 126 valence electrons. The standard InChI is InChI=1S/C18H25NO4/c1-5-23-13-8-6-12(7-9-13)19-15(20)14-10-11-18(4,16(21)22)17(14,2)3/h6-9,14H,5,10-11H2,1-4H3,(H,19,20)(H,21,22)/t14-,18-/m1/s1. The maximum Gasteiger partial charge on any atom is 0.309 e. The summed E-state index contributed by atoms with van der Waals surface area (Å²) < 4.78 is 5.37. The molecular formula is C18H25NO4. The van der Waals surface area contributed by atoms with Crippen LogP contribution in [0.5, 0.6) is 5.75 Å². The van der Waals surface area contributed by atoms with Gasteiger partial charge in [-0.3, -0.25) is 9.59 Å². The van der Waals surface area contributed by atoms with Gasteiger partial charge in [-0.2, -0.15) is 0 Å². The fraction of sp³-hybridized carbons (Fsp3) is 0.556. The number of carbonyl (C=O) groups is 2. The summed E-state index contributed by atoms with van der Waals surface area (Å²) in [6, 6.07) is 7.20. The highest BCUT2D eigenvalue weighted by Crippen LogP contribution is 2.56. The van der Waals surface area contributed by atoms with E-state index in [1.54, 1.807) is 31.2 Å². The first-order valence-electron chi connectivity index (χ1n) is 7.99. The Morgan fingerprint density at radius 2 is 1.87 bits per heavy atom. The first-order chi connectivity index (χ1) is 10.7. The predicted molar refractivity (Wildman–Crippen MR) is 88.5 cm³/mol. The van der Waals surface area contributed by atoms with E-state index in [9.17, 15) is 14.7 Å². The molecule has 1 aromatic carbocycles. The number of rotatable bonds is 5. The van der Waals surface area contributed by atoms with Gasteiger partial charge in [-0.1, -0.05) is 13.8 Å². The van der Waals surface area contributed by atoms with Crippen LogP contribution in [0, 0.1) is 16.7 Å². The van der Waals surface area contributed by atoms with Crippen molar-refractivity contribution in [3.63, 3.8) is 0 Å². The monoisotopic (exact) mass is 319 g/mol. The summed E-state index contributed by atoms with van der Waals surface area (Å²) in [4.78, 5) is 24.2. The molecule has 0 heterocycles. The summed E-state index contributed by atoms with van der Waals surface area (Å²) in [7, 11) is 0. The molecule has 1 amide bonds. The van der Waals surface area contributed by atoms with Crippen molar-refractivity contribution >= 4 is 17.6 Å². The first kappa shape index (κ1) is 17.3. The third-order valence-electron chi connectivity index (χ3n) is 5.45. The minimum absolute atomic E-state index is 0.121. The molecule has 5 heteroatoms. The van der Waals surface area contributed by atoms with Crippen molar-refractivity contribution in [3.8, 4) is 5.75 Å². The average molecular weight is 319 g/mol. The summed E-state index contributed by atoms with van der Waals surface area (Å²) in [6.07, 6.45) is 1.09. The molecule has 1 aromatic rings. The molecule has 2 rings (SSSR count). The van der Waals surface area contributed by atoms with E-state index >= 15 is 0 Å². The van der Waals surface area contributed by atoms with E-state index in [0.717, 1.165) is 5.75 Å². The fourth-order valence-electron chi connectivity index (χ4n) is 3.37. The van der Waals surface area contributed by atoms with Gasteiger partial charge in [-0.15, -0.1) is 0 Å². The van der Waals surface area contributed by atoms with E-state index in [2.05, 4.69) is 5.32 Å². The van der Waals surface area contributed by atoms with Gasteiger partial charge in [-0.05, 0) is 56.4 Å². The van der Waals surface area contributed by atoms with Crippen molar-refractivity contribution in [1.29, 1.82) is 0 Å². The summed E-state index contributed by atoms with van der Waals surface area (Å²) in [5.41, 5.74) is -0.791. The molecule has 0 radical (unpaired) electrons. The van der Waals surface area contributed by atoms with Crippen LogP contribution < -0.4 is 10.1 Å². The van der Waals surface area contributed by atoms with Gasteiger partial charge in [0, 0.05) is 11.6 Å². The Morgan fingerprint density at radius 1 is 1.26 bits per heavy atom. The Bertz CT molecular complexity index is 594. The summed E-state index contributed by atoms with van der Waals surface area (Å²) in [5, 5.41) is 12.4. The van der Waals surface area contributed by atoms with E-state index in [1.807, 2.05) is 20.8 Å². The smallest absolute Gasteiger partial charge is 0.309 e. The van der Waals surface area contributed by atoms with Crippen LogP contribution in [-0.4, -0.2) is 23.6 Å². The third-order valence-corrected chi connectivity index (χ3v) is 5.45. The zero-order chi connectivity index (χ0) is 17.3. The number of hydrogen-bond donors (Lipinski definition) is 2. The normalized spacial score (nSPS) is 25.8. The van der Waals surface area contributed by atoms with E-state index in [-0.39, 0.29) is 11.8 Å². The maximum atomic E-state index is 12.6. The molecule has 0 saturated heterocycles. The largest absolute Gasteiger partial charge is 0.494 e. The molecule has 5 nitrogen and oxygen atoms in total. The maximum absolute atomic E-state index is 12.6. The van der Waals surface area contributed by atoms with Gasteiger partial charge in [0.15, 0.2) is 0 Å². The van der Waals surface area contributed by atoms with Gasteiger partial charge in [0.05, 0.1) is 12.0 Å². The highest BCUT2D eigenvalue weighted by atomic mass is 16.5. The van der Waals surface area contributed by atoms with Gasteiger partial charge in [0.1, 0.15) is 5.75 Å². The van der Waals surface area contributed by atoms with E-state index in [1.165, 1.54) is 0 Å². The molecule has 0 spiro atoms. The Morgan fingerprint density at radius 3 is 2.35 bits per heavy atom. The van der Waals surface area contributed by atoms with Gasteiger partial charge in [-0.25, -0.2) is 0 Å². The van der Waals surface area contributed by atoms with Crippen molar-refractivity contribution in [2.75, 3.05) is 11.9 Å². The highest BCUT2D eigenvalue weighted by Gasteiger charge is 2.58. The van der Waals surface area contributed by atoms with Crippen molar-refractivity contribution < 1.29 is 19.4 Å². The third kappa shape index (κ3) is 3.05. The number of aliphatic carboxylic acids is 1. The molecule has 1 saturated carbocycles. The van der Waals surface area contributed by atoms with E-state index in [4.69, 9.17) is 4.74 Å². The number of carboxylic acid groups (broad SMARTS) is 1. The Kier molecular flexibility index (Phi) is 4.68. The van der Waals surface area contributed by atoms with Gasteiger partial charge in [0.2, 0.25) is 5.91 Å². The number of amides is 1. The van der Waals surface area contributed by atoms with Crippen LogP contribution in [0.25, 0.3) is 0 Å². The van der Waals surface area contributed by atoms with Crippen LogP contribution in [-0.2, 0) is 9.59 Å². The molecule has 23 heavy (non-hydrogen) atoms. The topological polar surface area (TPSA) is 75.6 Å². The van der Waals surface area contributed by atoms with Crippen molar-refractivity contribution in [1.82, 2.24) is 0 Å². The molecule has 2 atom stereocenters. The minimum Gasteiger partial charge on any atom is -0.494 e. The van der Waals surface area contributed by atoms with E-state index in [0.29, 0.717) is 25.1 Å². The molecule has 0 unspecified atom stereocenters. The molecule has 0 aromatic heterocycles. The number of carboxylic acids is 1. The number of carbonyl (C=O) groups excluding carboxylic acids is 1. The first-order valence-corrected chi connectivity index (χ1v) is 7.99. The van der Waals surface area contributed by atoms with Crippen molar-refractivity contribution in [2.24, 2.45) is 16.7 Å². The van der Waals surface area contributed by atoms with Crippen LogP contribution in [0.2, 0.25) is 0 Å². The van der Waals surface area contributed by atoms with Gasteiger partial charge < -0.3 is 15.2 Å². The molecular weight excluding hydrogens is 294 g/mol. The zero-order valence-electron chi connectivity index (χ0n) is 14.2. The molecule has 1 aliphatic rings. The SMILES string of the molecule is CCOc1ccc(NC(=O)[C@H]2CC[C@](C)(C(=O)O)C2(C)C)cc1. The second-order valence-electron chi connectivity index (χ2n) is 6.90. The number of benzene rings is 1. The molecule has 1 aliphatic carbocycles. The summed E-state index contributed by atoms with van der Waals surface area (Å²) >= 11 is 0. The van der Waals surface area contributed by atoms with Crippen LogP contribution in [0.1, 0.15) is 40.5 Å². The lowest BCUT2D eigenvalue weighted by Crippen LogP contribution is -2.43. The van der Waals surface area contributed by atoms with Gasteiger partial charge >= 0.3 is 5.97 Å². The Balaban J connectivity index is 2.11. The molecule has 2 N–H and O–H groups in total. The summed E-state index contributed by atoms with van der Waals surface area (Å²) in [5.74, 6) is -0.525. The lowest BCUT2D eigenvalue weighted by atomic mass is 9.65. The molecule has 0 bridgehead atoms. The second kappa shape index (κ2) is 6.22. The van der Waals surface area contributed by atoms with Crippen LogP contribution in [0.15, 0.2) is 24.3 Å². The molecule has 1 fully saturated rings. The minimum atomic E-state index is -0.881. The predicted octanol–water partition coefficient (Wildman–Crippen LogP) is 3.55.